The molecule has 0 aliphatic carbocycles. The van der Waals surface area contributed by atoms with Crippen LogP contribution in [0.3, 0.4) is 0 Å². The van der Waals surface area contributed by atoms with E-state index >= 15 is 0 Å². The maximum Gasteiger partial charge on any atom is 0.260 e. The van der Waals surface area contributed by atoms with Crippen LogP contribution in [-0.4, -0.2) is 27.0 Å². The zero-order valence-electron chi connectivity index (χ0n) is 18.2. The summed E-state index contributed by atoms with van der Waals surface area (Å²) < 4.78 is 22.3. The summed E-state index contributed by atoms with van der Waals surface area (Å²) in [6.45, 7) is 1.16. The Morgan fingerprint density at radius 1 is 1.03 bits per heavy atom. The van der Waals surface area contributed by atoms with E-state index in [0.717, 1.165) is 0 Å². The van der Waals surface area contributed by atoms with E-state index in [1.165, 1.54) is 23.5 Å². The van der Waals surface area contributed by atoms with Gasteiger partial charge in [0.2, 0.25) is 0 Å². The lowest BCUT2D eigenvalue weighted by molar-refractivity contribution is 0.0986. The van der Waals surface area contributed by atoms with Gasteiger partial charge in [-0.25, -0.2) is 14.4 Å². The molecular formula is C26H21FN4O2S. The van der Waals surface area contributed by atoms with Crippen LogP contribution in [0.2, 0.25) is 0 Å². The summed E-state index contributed by atoms with van der Waals surface area (Å²) in [5.41, 5.74) is 1.15. The van der Waals surface area contributed by atoms with Crippen LogP contribution in [0.4, 0.5) is 9.52 Å². The highest BCUT2D eigenvalue weighted by atomic mass is 32.1. The number of hydrogen-bond acceptors (Lipinski definition) is 5. The minimum absolute atomic E-state index is 0.191. The zero-order valence-corrected chi connectivity index (χ0v) is 19.0. The van der Waals surface area contributed by atoms with Gasteiger partial charge < -0.3 is 9.30 Å². The Morgan fingerprint density at radius 2 is 1.88 bits per heavy atom. The number of imidazole rings is 1. The summed E-state index contributed by atoms with van der Waals surface area (Å²) in [5.74, 6) is 0.745. The average molecular weight is 473 g/mol. The van der Waals surface area contributed by atoms with E-state index in [9.17, 15) is 9.18 Å². The molecule has 8 heteroatoms. The molecule has 5 rings (SSSR count). The van der Waals surface area contributed by atoms with Crippen molar-refractivity contribution in [1.82, 2.24) is 14.5 Å². The van der Waals surface area contributed by atoms with Crippen LogP contribution in [0, 0.1) is 5.82 Å². The van der Waals surface area contributed by atoms with Crippen molar-refractivity contribution in [3.05, 3.63) is 103 Å². The molecule has 0 saturated carbocycles. The molecular weight excluding hydrogens is 451 g/mol. The van der Waals surface area contributed by atoms with Crippen molar-refractivity contribution in [2.24, 2.45) is 0 Å². The topological polar surface area (TPSA) is 60.2 Å². The number of aryl methyl sites for hydroxylation is 1. The first-order chi connectivity index (χ1) is 16.7. The van der Waals surface area contributed by atoms with Crippen LogP contribution in [0.5, 0.6) is 11.5 Å². The number of hydrogen-bond donors (Lipinski definition) is 0. The Morgan fingerprint density at radius 3 is 2.71 bits per heavy atom. The molecule has 0 saturated heterocycles. The summed E-state index contributed by atoms with van der Waals surface area (Å²) in [6, 6.07) is 21.0. The van der Waals surface area contributed by atoms with E-state index in [-0.39, 0.29) is 11.7 Å². The van der Waals surface area contributed by atoms with Crippen molar-refractivity contribution >= 4 is 32.6 Å². The molecule has 0 bridgehead atoms. The highest BCUT2D eigenvalue weighted by molar-refractivity contribution is 7.22. The van der Waals surface area contributed by atoms with Crippen molar-refractivity contribution in [2.75, 3.05) is 11.4 Å². The minimum Gasteiger partial charge on any atom is -0.457 e. The summed E-state index contributed by atoms with van der Waals surface area (Å²) >= 11 is 1.30. The molecule has 0 aliphatic heterocycles. The van der Waals surface area contributed by atoms with Gasteiger partial charge in [0.1, 0.15) is 17.3 Å². The number of anilines is 1. The second kappa shape index (κ2) is 9.84. The number of benzene rings is 3. The third kappa shape index (κ3) is 4.97. The summed E-state index contributed by atoms with van der Waals surface area (Å²) in [5, 5.41) is 0.533. The molecule has 34 heavy (non-hydrogen) atoms. The lowest BCUT2D eigenvalue weighted by Gasteiger charge is -2.20. The van der Waals surface area contributed by atoms with Crippen molar-refractivity contribution in [3.8, 4) is 11.5 Å². The third-order valence-electron chi connectivity index (χ3n) is 5.23. The fourth-order valence-electron chi connectivity index (χ4n) is 3.59. The number of amides is 1. The molecule has 170 valence electrons. The molecule has 0 N–H and O–H groups in total. The predicted molar refractivity (Wildman–Crippen MR) is 131 cm³/mol. The Hall–Kier alpha value is -4.04. The van der Waals surface area contributed by atoms with Crippen molar-refractivity contribution in [1.29, 1.82) is 0 Å². The molecule has 1 amide bonds. The Kier molecular flexibility index (Phi) is 6.31. The van der Waals surface area contributed by atoms with Crippen LogP contribution in [0.15, 0.2) is 91.5 Å². The van der Waals surface area contributed by atoms with Gasteiger partial charge in [-0.05, 0) is 55.0 Å². The number of carbonyl (C=O) groups excluding carboxylic acids is 1. The van der Waals surface area contributed by atoms with Gasteiger partial charge in [0.25, 0.3) is 5.91 Å². The van der Waals surface area contributed by atoms with Gasteiger partial charge in [0.05, 0.1) is 16.5 Å². The molecule has 2 heterocycles. The number of halogens is 1. The third-order valence-corrected chi connectivity index (χ3v) is 6.27. The first kappa shape index (κ1) is 21.8. The van der Waals surface area contributed by atoms with E-state index in [0.29, 0.717) is 51.9 Å². The lowest BCUT2D eigenvalue weighted by atomic mass is 10.2. The molecule has 0 spiro atoms. The van der Waals surface area contributed by atoms with Crippen LogP contribution in [0.1, 0.15) is 16.8 Å². The first-order valence-electron chi connectivity index (χ1n) is 10.8. The van der Waals surface area contributed by atoms with Crippen molar-refractivity contribution in [2.45, 2.75) is 13.0 Å². The summed E-state index contributed by atoms with van der Waals surface area (Å²) in [4.78, 5) is 24.0. The first-order valence-corrected chi connectivity index (χ1v) is 11.6. The highest BCUT2D eigenvalue weighted by Crippen LogP contribution is 2.31. The molecule has 6 nitrogen and oxygen atoms in total. The van der Waals surface area contributed by atoms with Crippen LogP contribution < -0.4 is 9.64 Å². The number of fused-ring (bicyclic) bond motifs is 1. The fraction of sp³-hybridized carbons (Fsp3) is 0.115. The molecule has 0 aliphatic rings. The summed E-state index contributed by atoms with van der Waals surface area (Å²) in [7, 11) is 0. The maximum atomic E-state index is 13.7. The number of thiazole rings is 1. The second-order valence-electron chi connectivity index (χ2n) is 7.66. The number of nitrogens with zero attached hydrogens (tertiary/aromatic N) is 4. The molecule has 0 radical (unpaired) electrons. The molecule has 0 unspecified atom stereocenters. The Labute approximate surface area is 199 Å². The van der Waals surface area contributed by atoms with Crippen molar-refractivity contribution < 1.29 is 13.9 Å². The summed E-state index contributed by atoms with van der Waals surface area (Å²) in [6.07, 6.45) is 6.06. The van der Waals surface area contributed by atoms with E-state index < -0.39 is 0 Å². The van der Waals surface area contributed by atoms with Gasteiger partial charge in [0, 0.05) is 31.0 Å². The molecule has 3 aromatic carbocycles. The second-order valence-corrected chi connectivity index (χ2v) is 8.67. The fourth-order valence-corrected chi connectivity index (χ4v) is 4.60. The lowest BCUT2D eigenvalue weighted by Crippen LogP contribution is -2.32. The van der Waals surface area contributed by atoms with Gasteiger partial charge in [0.15, 0.2) is 5.13 Å². The Bertz CT molecular complexity index is 1400. The molecule has 0 atom stereocenters. The normalized spacial score (nSPS) is 11.0. The SMILES string of the molecule is O=C(c1cccc(Oc2ccccc2)c1)N(CCCn1ccnc1)c1nc2ccc(F)cc2s1. The monoisotopic (exact) mass is 472 g/mol. The zero-order chi connectivity index (χ0) is 23.3. The van der Waals surface area contributed by atoms with E-state index in [1.54, 1.807) is 41.7 Å². The smallest absolute Gasteiger partial charge is 0.260 e. The van der Waals surface area contributed by atoms with E-state index in [2.05, 4.69) is 9.97 Å². The van der Waals surface area contributed by atoms with Gasteiger partial charge in [-0.2, -0.15) is 0 Å². The number of ether oxygens (including phenoxy) is 1. The molecule has 5 aromatic rings. The standard InChI is InChI=1S/C26H21FN4O2S/c27-20-10-11-23-24(17-20)34-26(29-23)31(14-5-13-30-15-12-28-18-30)25(32)19-6-4-9-22(16-19)33-21-7-2-1-3-8-21/h1-4,6-12,15-18H,5,13-14H2. The van der Waals surface area contributed by atoms with Crippen LogP contribution >= 0.6 is 11.3 Å². The number of para-hydroxylation sites is 1. The number of aromatic nitrogens is 3. The predicted octanol–water partition coefficient (Wildman–Crippen LogP) is 6.16. The van der Waals surface area contributed by atoms with Crippen LogP contribution in [0.25, 0.3) is 10.2 Å². The van der Waals surface area contributed by atoms with Gasteiger partial charge in [-0.3, -0.25) is 9.69 Å². The quantitative estimate of drug-likeness (QED) is 0.271. The maximum absolute atomic E-state index is 13.7. The van der Waals surface area contributed by atoms with E-state index in [1.807, 2.05) is 47.2 Å². The average Bonchev–Trinajstić information content (AvgIpc) is 3.52. The molecule has 0 fully saturated rings. The van der Waals surface area contributed by atoms with E-state index in [4.69, 9.17) is 4.74 Å². The number of rotatable bonds is 8. The highest BCUT2D eigenvalue weighted by Gasteiger charge is 2.22. The van der Waals surface area contributed by atoms with Gasteiger partial charge >= 0.3 is 0 Å². The van der Waals surface area contributed by atoms with Crippen molar-refractivity contribution in [3.63, 3.8) is 0 Å². The van der Waals surface area contributed by atoms with Gasteiger partial charge in [-0.15, -0.1) is 0 Å². The Balaban J connectivity index is 1.42. The largest absolute Gasteiger partial charge is 0.457 e. The van der Waals surface area contributed by atoms with Crippen LogP contribution in [-0.2, 0) is 6.54 Å². The number of carbonyl (C=O) groups is 1. The molecule has 2 aromatic heterocycles. The van der Waals surface area contributed by atoms with Gasteiger partial charge in [-0.1, -0.05) is 35.6 Å². The minimum atomic E-state index is -0.327.